The minimum absolute atomic E-state index is 0.185. The Balaban J connectivity index is 1.52. The Bertz CT molecular complexity index is 1190. The SMILES string of the molecule is CCN(CC)CCCN(Cc1cc2cc3c(cc2[nH]c1=O)OCCO3)C(=O)NCc1ccccc1. The number of carbonyl (C=O) groups is 1. The van der Waals surface area contributed by atoms with Gasteiger partial charge in [-0.2, -0.15) is 0 Å². The molecule has 1 aliphatic rings. The zero-order valence-electron chi connectivity index (χ0n) is 20.5. The van der Waals surface area contributed by atoms with E-state index in [0.29, 0.717) is 48.9 Å². The fourth-order valence-electron chi connectivity index (χ4n) is 4.27. The van der Waals surface area contributed by atoms with Crippen LogP contribution < -0.4 is 20.3 Å². The summed E-state index contributed by atoms with van der Waals surface area (Å²) in [6.45, 7) is 9.29. The van der Waals surface area contributed by atoms with Crippen molar-refractivity contribution in [3.05, 3.63) is 70.0 Å². The van der Waals surface area contributed by atoms with Crippen molar-refractivity contribution >= 4 is 16.9 Å². The minimum Gasteiger partial charge on any atom is -0.486 e. The van der Waals surface area contributed by atoms with E-state index in [-0.39, 0.29) is 18.1 Å². The van der Waals surface area contributed by atoms with E-state index in [4.69, 9.17) is 9.47 Å². The number of aromatic nitrogens is 1. The molecular formula is C27H34N4O4. The van der Waals surface area contributed by atoms with Crippen LogP contribution in [0.5, 0.6) is 11.5 Å². The molecule has 8 nitrogen and oxygen atoms in total. The second-order valence-corrected chi connectivity index (χ2v) is 8.65. The molecular weight excluding hydrogens is 444 g/mol. The molecule has 35 heavy (non-hydrogen) atoms. The lowest BCUT2D eigenvalue weighted by Gasteiger charge is -2.25. The summed E-state index contributed by atoms with van der Waals surface area (Å²) in [5.74, 6) is 1.30. The highest BCUT2D eigenvalue weighted by atomic mass is 16.6. The van der Waals surface area contributed by atoms with Gasteiger partial charge in [0.25, 0.3) is 5.56 Å². The summed E-state index contributed by atoms with van der Waals surface area (Å²) in [5, 5.41) is 3.85. The van der Waals surface area contributed by atoms with Crippen molar-refractivity contribution in [3.63, 3.8) is 0 Å². The van der Waals surface area contributed by atoms with E-state index >= 15 is 0 Å². The van der Waals surface area contributed by atoms with Crippen LogP contribution >= 0.6 is 0 Å². The molecule has 2 N–H and O–H groups in total. The molecule has 0 fully saturated rings. The number of pyridine rings is 1. The zero-order chi connectivity index (χ0) is 24.6. The van der Waals surface area contributed by atoms with E-state index in [2.05, 4.69) is 29.0 Å². The topological polar surface area (TPSA) is 86.9 Å². The van der Waals surface area contributed by atoms with Crippen molar-refractivity contribution in [3.8, 4) is 11.5 Å². The van der Waals surface area contributed by atoms with Crippen LogP contribution in [0.15, 0.2) is 53.3 Å². The highest BCUT2D eigenvalue weighted by Crippen LogP contribution is 2.33. The highest BCUT2D eigenvalue weighted by Gasteiger charge is 2.18. The third-order valence-electron chi connectivity index (χ3n) is 6.32. The first kappa shape index (κ1) is 24.6. The number of hydrogen-bond acceptors (Lipinski definition) is 5. The van der Waals surface area contributed by atoms with Crippen LogP contribution in [0, 0.1) is 0 Å². The van der Waals surface area contributed by atoms with Gasteiger partial charge in [0.2, 0.25) is 0 Å². The summed E-state index contributed by atoms with van der Waals surface area (Å²) in [5.41, 5.74) is 2.04. The van der Waals surface area contributed by atoms with Gasteiger partial charge in [-0.05, 0) is 43.8 Å². The summed E-state index contributed by atoms with van der Waals surface area (Å²) >= 11 is 0. The van der Waals surface area contributed by atoms with Gasteiger partial charge in [0.15, 0.2) is 11.5 Å². The molecule has 8 heteroatoms. The van der Waals surface area contributed by atoms with Gasteiger partial charge < -0.3 is 29.6 Å². The quantitative estimate of drug-likeness (QED) is 0.464. The Labute approximate surface area is 205 Å². The molecule has 1 aromatic heterocycles. The summed E-state index contributed by atoms with van der Waals surface area (Å²) in [6, 6.07) is 15.1. The minimum atomic E-state index is -0.209. The van der Waals surface area contributed by atoms with Gasteiger partial charge in [0.1, 0.15) is 13.2 Å². The smallest absolute Gasteiger partial charge is 0.317 e. The summed E-state index contributed by atoms with van der Waals surface area (Å²) in [4.78, 5) is 33.1. The lowest BCUT2D eigenvalue weighted by atomic mass is 10.1. The average molecular weight is 479 g/mol. The summed E-state index contributed by atoms with van der Waals surface area (Å²) in [7, 11) is 0. The summed E-state index contributed by atoms with van der Waals surface area (Å²) < 4.78 is 11.3. The largest absolute Gasteiger partial charge is 0.486 e. The van der Waals surface area contributed by atoms with Crippen molar-refractivity contribution in [2.24, 2.45) is 0 Å². The van der Waals surface area contributed by atoms with Gasteiger partial charge in [-0.1, -0.05) is 44.2 Å². The second kappa shape index (κ2) is 11.8. The van der Waals surface area contributed by atoms with Crippen molar-refractivity contribution in [1.82, 2.24) is 20.1 Å². The molecule has 0 atom stereocenters. The Morgan fingerprint density at radius 1 is 1.00 bits per heavy atom. The number of hydrogen-bond donors (Lipinski definition) is 2. The summed E-state index contributed by atoms with van der Waals surface area (Å²) in [6.07, 6.45) is 0.824. The van der Waals surface area contributed by atoms with Gasteiger partial charge >= 0.3 is 6.03 Å². The number of nitrogens with one attached hydrogen (secondary N) is 2. The number of ether oxygens (including phenoxy) is 2. The first-order chi connectivity index (χ1) is 17.1. The predicted octanol–water partition coefficient (Wildman–Crippen LogP) is 3.74. The number of rotatable bonds is 10. The van der Waals surface area contributed by atoms with Gasteiger partial charge in [0, 0.05) is 30.1 Å². The average Bonchev–Trinajstić information content (AvgIpc) is 2.89. The molecule has 4 rings (SSSR count). The predicted molar refractivity (Wildman–Crippen MR) is 137 cm³/mol. The number of amides is 2. The molecule has 0 saturated heterocycles. The van der Waals surface area contributed by atoms with E-state index in [1.54, 1.807) is 11.0 Å². The molecule has 0 aliphatic carbocycles. The van der Waals surface area contributed by atoms with E-state index in [1.165, 1.54) is 0 Å². The zero-order valence-corrected chi connectivity index (χ0v) is 20.5. The molecule has 0 spiro atoms. The fraction of sp³-hybridized carbons (Fsp3) is 0.407. The number of carbonyl (C=O) groups excluding carboxylic acids is 1. The molecule has 186 valence electrons. The maximum atomic E-state index is 13.2. The van der Waals surface area contributed by atoms with E-state index in [9.17, 15) is 9.59 Å². The van der Waals surface area contributed by atoms with E-state index in [0.717, 1.165) is 37.0 Å². The van der Waals surface area contributed by atoms with Crippen molar-refractivity contribution in [2.75, 3.05) is 39.4 Å². The number of benzene rings is 2. The standard InChI is InChI=1S/C27H34N4O4/c1-3-30(4-2)11-8-12-31(27(33)28-18-20-9-6-5-7-10-20)19-22-15-21-16-24-25(35-14-13-34-24)17-23(21)29-26(22)32/h5-7,9-10,15-17H,3-4,8,11-14,18-19H2,1-2H3,(H,28,33)(H,29,32). The van der Waals surface area contributed by atoms with Gasteiger partial charge in [-0.15, -0.1) is 0 Å². The third-order valence-corrected chi connectivity index (χ3v) is 6.32. The van der Waals surface area contributed by atoms with Gasteiger partial charge in [0.05, 0.1) is 12.1 Å². The maximum Gasteiger partial charge on any atom is 0.317 e. The number of urea groups is 1. The first-order valence-electron chi connectivity index (χ1n) is 12.3. The Morgan fingerprint density at radius 2 is 1.71 bits per heavy atom. The molecule has 0 unspecified atom stereocenters. The molecule has 3 aromatic rings. The van der Waals surface area contributed by atoms with Crippen LogP contribution in [0.1, 0.15) is 31.4 Å². The lowest BCUT2D eigenvalue weighted by Crippen LogP contribution is -2.41. The maximum absolute atomic E-state index is 13.2. The van der Waals surface area contributed by atoms with E-state index in [1.807, 2.05) is 42.5 Å². The molecule has 1 aliphatic heterocycles. The molecule has 0 saturated carbocycles. The van der Waals surface area contributed by atoms with Crippen LogP contribution in [-0.2, 0) is 13.1 Å². The molecule has 0 bridgehead atoms. The normalized spacial score (nSPS) is 12.7. The highest BCUT2D eigenvalue weighted by molar-refractivity contribution is 5.83. The molecule has 2 amide bonds. The second-order valence-electron chi connectivity index (χ2n) is 8.65. The molecule has 0 radical (unpaired) electrons. The van der Waals surface area contributed by atoms with Crippen molar-refractivity contribution in [1.29, 1.82) is 0 Å². The van der Waals surface area contributed by atoms with Gasteiger partial charge in [-0.3, -0.25) is 4.79 Å². The van der Waals surface area contributed by atoms with Crippen LogP contribution in [0.4, 0.5) is 4.79 Å². The number of fused-ring (bicyclic) bond motifs is 2. The van der Waals surface area contributed by atoms with Crippen LogP contribution in [0.25, 0.3) is 10.9 Å². The van der Waals surface area contributed by atoms with Crippen molar-refractivity contribution in [2.45, 2.75) is 33.4 Å². The van der Waals surface area contributed by atoms with Crippen LogP contribution in [0.3, 0.4) is 0 Å². The Morgan fingerprint density at radius 3 is 2.43 bits per heavy atom. The molecule has 2 heterocycles. The Hall–Kier alpha value is -3.52. The van der Waals surface area contributed by atoms with Crippen LogP contribution in [0.2, 0.25) is 0 Å². The first-order valence-corrected chi connectivity index (χ1v) is 12.3. The lowest BCUT2D eigenvalue weighted by molar-refractivity contribution is 0.172. The van der Waals surface area contributed by atoms with Gasteiger partial charge in [-0.25, -0.2) is 4.79 Å². The number of aromatic amines is 1. The van der Waals surface area contributed by atoms with E-state index < -0.39 is 0 Å². The molecule has 2 aromatic carbocycles. The van der Waals surface area contributed by atoms with Crippen LogP contribution in [-0.4, -0.2) is 60.2 Å². The number of H-pyrrole nitrogens is 1. The monoisotopic (exact) mass is 478 g/mol. The fourth-order valence-corrected chi connectivity index (χ4v) is 4.27. The number of nitrogens with zero attached hydrogens (tertiary/aromatic N) is 2. The Kier molecular flexibility index (Phi) is 8.26. The van der Waals surface area contributed by atoms with Crippen molar-refractivity contribution < 1.29 is 14.3 Å². The third kappa shape index (κ3) is 6.33.